The Kier molecular flexibility index (Phi) is 3.44. The summed E-state index contributed by atoms with van der Waals surface area (Å²) in [6.07, 6.45) is 2.63. The van der Waals surface area contributed by atoms with E-state index >= 15 is 0 Å². The molecule has 2 aliphatic rings. The largest absolute Gasteiger partial charge is 0.439 e. The van der Waals surface area contributed by atoms with Crippen molar-refractivity contribution in [2.75, 3.05) is 19.6 Å². The van der Waals surface area contributed by atoms with E-state index < -0.39 is 11.7 Å². The normalized spacial score (nSPS) is 23.2. The number of aromatic nitrogens is 3. The molecule has 8 heteroatoms. The highest BCUT2D eigenvalue weighted by atomic mass is 16.6. The van der Waals surface area contributed by atoms with E-state index in [1.807, 2.05) is 12.1 Å². The number of carbonyl (C=O) groups excluding carboxylic acids is 2. The van der Waals surface area contributed by atoms with E-state index in [0.717, 1.165) is 18.4 Å². The van der Waals surface area contributed by atoms with Crippen LogP contribution < -0.4 is 5.32 Å². The van der Waals surface area contributed by atoms with Gasteiger partial charge in [0.1, 0.15) is 11.9 Å². The SMILES string of the molecule is O=C1NC[C@]2(CCCN(C(=O)c3ccc(-c4ncn[nH]4)cc3)C2)O1. The molecule has 2 aromatic rings. The number of likely N-dealkylation sites (tertiary alicyclic amines) is 1. The number of carbonyl (C=O) groups is 2. The number of hydrogen-bond donors (Lipinski definition) is 2. The van der Waals surface area contributed by atoms with Gasteiger partial charge in [-0.05, 0) is 25.0 Å². The standard InChI is InChI=1S/C16H17N5O3/c22-14(12-4-2-11(3-5-12)13-18-10-19-20-13)21-7-1-6-16(9-21)8-17-15(23)24-16/h2-5,10H,1,6-9H2,(H,17,23)(H,18,19,20)/t16-/m0/s1. The number of rotatable bonds is 2. The lowest BCUT2D eigenvalue weighted by atomic mass is 9.92. The minimum absolute atomic E-state index is 0.0545. The fraction of sp³-hybridized carbons (Fsp3) is 0.375. The molecule has 1 aromatic carbocycles. The predicted octanol–water partition coefficient (Wildman–Crippen LogP) is 1.19. The molecular weight excluding hydrogens is 310 g/mol. The van der Waals surface area contributed by atoms with Crippen molar-refractivity contribution in [2.24, 2.45) is 0 Å². The Balaban J connectivity index is 1.50. The highest BCUT2D eigenvalue weighted by molar-refractivity contribution is 5.94. The van der Waals surface area contributed by atoms with Crippen molar-refractivity contribution in [3.05, 3.63) is 36.2 Å². The smallest absolute Gasteiger partial charge is 0.407 e. The summed E-state index contributed by atoms with van der Waals surface area (Å²) in [6.45, 7) is 1.55. The third-order valence-electron chi connectivity index (χ3n) is 4.51. The molecule has 4 rings (SSSR count). The van der Waals surface area contributed by atoms with Crippen molar-refractivity contribution in [2.45, 2.75) is 18.4 Å². The number of ether oxygens (including phenoxy) is 1. The number of hydrogen-bond acceptors (Lipinski definition) is 5. The number of nitrogens with zero attached hydrogens (tertiary/aromatic N) is 3. The van der Waals surface area contributed by atoms with E-state index in [1.54, 1.807) is 17.0 Å². The highest BCUT2D eigenvalue weighted by Gasteiger charge is 2.44. The lowest BCUT2D eigenvalue weighted by Crippen LogP contribution is -2.52. The fourth-order valence-electron chi connectivity index (χ4n) is 3.30. The average molecular weight is 327 g/mol. The van der Waals surface area contributed by atoms with E-state index in [9.17, 15) is 9.59 Å². The van der Waals surface area contributed by atoms with Gasteiger partial charge in [0.15, 0.2) is 5.82 Å². The van der Waals surface area contributed by atoms with Crippen LogP contribution in [-0.4, -0.2) is 57.3 Å². The molecule has 0 radical (unpaired) electrons. The summed E-state index contributed by atoms with van der Waals surface area (Å²) >= 11 is 0. The zero-order valence-corrected chi connectivity index (χ0v) is 13.0. The van der Waals surface area contributed by atoms with Crippen LogP contribution in [0.25, 0.3) is 11.4 Å². The van der Waals surface area contributed by atoms with Crippen LogP contribution in [0.5, 0.6) is 0 Å². The molecule has 2 amide bonds. The maximum Gasteiger partial charge on any atom is 0.407 e. The van der Waals surface area contributed by atoms with Crippen molar-refractivity contribution in [3.8, 4) is 11.4 Å². The molecule has 0 aliphatic carbocycles. The summed E-state index contributed by atoms with van der Waals surface area (Å²) in [5.41, 5.74) is 0.894. The first-order valence-electron chi connectivity index (χ1n) is 7.87. The topological polar surface area (TPSA) is 100 Å². The number of alkyl carbamates (subject to hydrolysis) is 1. The molecule has 0 bridgehead atoms. The van der Waals surface area contributed by atoms with Crippen molar-refractivity contribution in [1.29, 1.82) is 0 Å². The van der Waals surface area contributed by atoms with Crippen molar-refractivity contribution < 1.29 is 14.3 Å². The van der Waals surface area contributed by atoms with E-state index in [0.29, 0.717) is 31.0 Å². The Morgan fingerprint density at radius 2 is 2.12 bits per heavy atom. The molecule has 2 aliphatic heterocycles. The zero-order chi connectivity index (χ0) is 16.6. The molecular formula is C16H17N5O3. The van der Waals surface area contributed by atoms with Crippen LogP contribution in [-0.2, 0) is 4.74 Å². The molecule has 124 valence electrons. The second kappa shape index (κ2) is 5.63. The number of aromatic amines is 1. The van der Waals surface area contributed by atoms with Gasteiger partial charge in [0.2, 0.25) is 0 Å². The second-order valence-electron chi connectivity index (χ2n) is 6.17. The van der Waals surface area contributed by atoms with Crippen molar-refractivity contribution >= 4 is 12.0 Å². The summed E-state index contributed by atoms with van der Waals surface area (Å²) in [5.74, 6) is 0.607. The molecule has 2 fully saturated rings. The summed E-state index contributed by atoms with van der Waals surface area (Å²) in [5, 5.41) is 9.30. The van der Waals surface area contributed by atoms with Gasteiger partial charge in [-0.1, -0.05) is 12.1 Å². The molecule has 1 atom stereocenters. The molecule has 1 spiro atoms. The van der Waals surface area contributed by atoms with Crippen LogP contribution in [0, 0.1) is 0 Å². The number of H-pyrrole nitrogens is 1. The maximum absolute atomic E-state index is 12.7. The van der Waals surface area contributed by atoms with Gasteiger partial charge in [-0.25, -0.2) is 9.78 Å². The van der Waals surface area contributed by atoms with Crippen LogP contribution in [0.4, 0.5) is 4.79 Å². The van der Waals surface area contributed by atoms with Gasteiger partial charge >= 0.3 is 6.09 Å². The number of piperidine rings is 1. The molecule has 1 aromatic heterocycles. The van der Waals surface area contributed by atoms with Crippen molar-refractivity contribution in [1.82, 2.24) is 25.4 Å². The molecule has 2 saturated heterocycles. The molecule has 0 unspecified atom stereocenters. The average Bonchev–Trinajstić information content (AvgIpc) is 3.25. The Hall–Kier alpha value is -2.90. The van der Waals surface area contributed by atoms with E-state index in [2.05, 4.69) is 20.5 Å². The molecule has 8 nitrogen and oxygen atoms in total. The van der Waals surface area contributed by atoms with E-state index in [1.165, 1.54) is 6.33 Å². The fourth-order valence-corrected chi connectivity index (χ4v) is 3.30. The third kappa shape index (κ3) is 2.60. The summed E-state index contributed by atoms with van der Waals surface area (Å²) in [4.78, 5) is 30.0. The zero-order valence-electron chi connectivity index (χ0n) is 13.0. The number of benzene rings is 1. The predicted molar refractivity (Wildman–Crippen MR) is 84.2 cm³/mol. The lowest BCUT2D eigenvalue weighted by molar-refractivity contribution is -0.00503. The van der Waals surface area contributed by atoms with Crippen LogP contribution in [0.3, 0.4) is 0 Å². The van der Waals surface area contributed by atoms with Crippen LogP contribution in [0.2, 0.25) is 0 Å². The Labute approximate surface area is 138 Å². The van der Waals surface area contributed by atoms with Gasteiger partial charge in [-0.3, -0.25) is 9.89 Å². The van der Waals surface area contributed by atoms with Gasteiger partial charge < -0.3 is 15.0 Å². The van der Waals surface area contributed by atoms with E-state index in [4.69, 9.17) is 4.74 Å². The van der Waals surface area contributed by atoms with Crippen molar-refractivity contribution in [3.63, 3.8) is 0 Å². The molecule has 24 heavy (non-hydrogen) atoms. The number of amides is 2. The van der Waals surface area contributed by atoms with Gasteiger partial charge in [-0.2, -0.15) is 5.10 Å². The minimum atomic E-state index is -0.579. The Morgan fingerprint density at radius 3 is 2.79 bits per heavy atom. The second-order valence-corrected chi connectivity index (χ2v) is 6.17. The monoisotopic (exact) mass is 327 g/mol. The summed E-state index contributed by atoms with van der Waals surface area (Å²) in [7, 11) is 0. The first-order valence-corrected chi connectivity index (χ1v) is 7.87. The first-order chi connectivity index (χ1) is 11.7. The first kappa shape index (κ1) is 14.7. The van der Waals surface area contributed by atoms with Gasteiger partial charge in [0.25, 0.3) is 5.91 Å². The van der Waals surface area contributed by atoms with Gasteiger partial charge in [0, 0.05) is 17.7 Å². The molecule has 2 N–H and O–H groups in total. The summed E-state index contributed by atoms with van der Waals surface area (Å²) < 4.78 is 5.41. The number of nitrogens with one attached hydrogen (secondary N) is 2. The highest BCUT2D eigenvalue weighted by Crippen LogP contribution is 2.29. The quantitative estimate of drug-likeness (QED) is 0.863. The Morgan fingerprint density at radius 1 is 1.29 bits per heavy atom. The van der Waals surface area contributed by atoms with Crippen LogP contribution in [0.15, 0.2) is 30.6 Å². The van der Waals surface area contributed by atoms with Gasteiger partial charge in [-0.15, -0.1) is 0 Å². The molecule has 0 saturated carbocycles. The third-order valence-corrected chi connectivity index (χ3v) is 4.51. The molecule has 3 heterocycles. The van der Waals surface area contributed by atoms with Crippen LogP contribution >= 0.6 is 0 Å². The lowest BCUT2D eigenvalue weighted by Gasteiger charge is -2.38. The van der Waals surface area contributed by atoms with Gasteiger partial charge in [0.05, 0.1) is 13.1 Å². The minimum Gasteiger partial charge on any atom is -0.439 e. The Bertz CT molecular complexity index is 759. The van der Waals surface area contributed by atoms with E-state index in [-0.39, 0.29) is 5.91 Å². The maximum atomic E-state index is 12.7. The van der Waals surface area contributed by atoms with Crippen LogP contribution in [0.1, 0.15) is 23.2 Å². The summed E-state index contributed by atoms with van der Waals surface area (Å²) in [6, 6.07) is 7.23.